The number of rotatable bonds is 4. The lowest BCUT2D eigenvalue weighted by atomic mass is 10.1. The van der Waals surface area contributed by atoms with Gasteiger partial charge in [-0.15, -0.1) is 0 Å². The van der Waals surface area contributed by atoms with Gasteiger partial charge in [-0.05, 0) is 30.5 Å². The highest BCUT2D eigenvalue weighted by Gasteiger charge is 2.31. The molecule has 0 N–H and O–H groups in total. The number of likely N-dealkylation sites (tertiary alicyclic amines) is 1. The molecule has 128 valence electrons. The molecule has 0 saturated carbocycles. The Morgan fingerprint density at radius 1 is 1.36 bits per heavy atom. The van der Waals surface area contributed by atoms with Crippen molar-refractivity contribution in [3.05, 3.63) is 72.1 Å². The van der Waals surface area contributed by atoms with Crippen LogP contribution in [0.25, 0.3) is 0 Å². The highest BCUT2D eigenvalue weighted by atomic mass is 16.2. The summed E-state index contributed by atoms with van der Waals surface area (Å²) in [4.78, 5) is 19.1. The molecule has 0 aliphatic carbocycles. The van der Waals surface area contributed by atoms with Gasteiger partial charge < -0.3 is 9.47 Å². The topological polar surface area (TPSA) is 56.0 Å². The summed E-state index contributed by atoms with van der Waals surface area (Å²) in [5.41, 5.74) is 2.96. The van der Waals surface area contributed by atoms with Crippen LogP contribution in [0.1, 0.15) is 40.4 Å². The molecule has 1 fully saturated rings. The zero-order valence-electron chi connectivity index (χ0n) is 14.2. The highest BCUT2D eigenvalue weighted by molar-refractivity contribution is 5.94. The van der Waals surface area contributed by atoms with E-state index < -0.39 is 0 Å². The molecular weight excluding hydrogens is 314 g/mol. The van der Waals surface area contributed by atoms with E-state index in [-0.39, 0.29) is 11.9 Å². The minimum atomic E-state index is 0.0961. The Kier molecular flexibility index (Phi) is 4.09. The molecule has 0 spiro atoms. The summed E-state index contributed by atoms with van der Waals surface area (Å²) in [6.07, 6.45) is 11.4. The molecular formula is C19H21N5O. The maximum absolute atomic E-state index is 13.1. The van der Waals surface area contributed by atoms with E-state index in [1.54, 1.807) is 17.2 Å². The first kappa shape index (κ1) is 15.6. The summed E-state index contributed by atoms with van der Waals surface area (Å²) in [6.45, 7) is 1.51. The molecule has 1 unspecified atom stereocenters. The number of amides is 1. The summed E-state index contributed by atoms with van der Waals surface area (Å²) >= 11 is 0. The molecule has 4 rings (SSSR count). The monoisotopic (exact) mass is 335 g/mol. The Morgan fingerprint density at radius 3 is 3.04 bits per heavy atom. The molecule has 2 aromatic heterocycles. The third kappa shape index (κ3) is 3.20. The summed E-state index contributed by atoms with van der Waals surface area (Å²) in [5, 5.41) is 4.25. The van der Waals surface area contributed by atoms with E-state index >= 15 is 0 Å². The maximum Gasteiger partial charge on any atom is 0.254 e. The van der Waals surface area contributed by atoms with E-state index in [0.717, 1.165) is 36.1 Å². The SMILES string of the molecule is Cn1cc(C2CCCN2C(=O)c2cccc(Cn3ccnc3)c2)cn1. The second-order valence-electron chi connectivity index (χ2n) is 6.54. The molecule has 1 amide bonds. The van der Waals surface area contributed by atoms with Crippen LogP contribution in [-0.4, -0.2) is 36.7 Å². The minimum Gasteiger partial charge on any atom is -0.333 e. The van der Waals surface area contributed by atoms with Gasteiger partial charge in [0.1, 0.15) is 0 Å². The summed E-state index contributed by atoms with van der Waals surface area (Å²) in [7, 11) is 1.91. The van der Waals surface area contributed by atoms with Gasteiger partial charge in [0.15, 0.2) is 0 Å². The lowest BCUT2D eigenvalue weighted by molar-refractivity contribution is 0.0735. The standard InChI is InChI=1S/C19H21N5O/c1-22-13-17(11-21-22)18-6-3-8-24(18)19(25)16-5-2-4-15(10-16)12-23-9-7-20-14-23/h2,4-5,7,9-11,13-14,18H,3,6,8,12H2,1H3. The van der Waals surface area contributed by atoms with Crippen LogP contribution in [0.15, 0.2) is 55.4 Å². The summed E-state index contributed by atoms with van der Waals surface area (Å²) in [6, 6.07) is 8.01. The van der Waals surface area contributed by atoms with Crippen molar-refractivity contribution in [3.8, 4) is 0 Å². The molecule has 0 radical (unpaired) electrons. The van der Waals surface area contributed by atoms with Crippen molar-refractivity contribution in [1.29, 1.82) is 0 Å². The number of aromatic nitrogens is 4. The van der Waals surface area contributed by atoms with Crippen molar-refractivity contribution < 1.29 is 4.79 Å². The zero-order chi connectivity index (χ0) is 17.2. The Labute approximate surface area is 146 Å². The average Bonchev–Trinajstić information content (AvgIpc) is 3.35. The third-order valence-corrected chi connectivity index (χ3v) is 4.72. The van der Waals surface area contributed by atoms with Gasteiger partial charge in [-0.3, -0.25) is 9.48 Å². The Hall–Kier alpha value is -2.89. The molecule has 1 aromatic carbocycles. The van der Waals surface area contributed by atoms with E-state index in [4.69, 9.17) is 0 Å². The molecule has 1 saturated heterocycles. The molecule has 6 heteroatoms. The first-order valence-electron chi connectivity index (χ1n) is 8.55. The number of hydrogen-bond acceptors (Lipinski definition) is 3. The van der Waals surface area contributed by atoms with Crippen LogP contribution >= 0.6 is 0 Å². The summed E-state index contributed by atoms with van der Waals surface area (Å²) in [5.74, 6) is 0.0961. The van der Waals surface area contributed by atoms with Crippen LogP contribution in [0.2, 0.25) is 0 Å². The first-order valence-corrected chi connectivity index (χ1v) is 8.55. The van der Waals surface area contributed by atoms with Crippen molar-refractivity contribution in [2.45, 2.75) is 25.4 Å². The van der Waals surface area contributed by atoms with Gasteiger partial charge in [0, 0.05) is 49.9 Å². The van der Waals surface area contributed by atoms with Crippen molar-refractivity contribution in [1.82, 2.24) is 24.2 Å². The first-order chi connectivity index (χ1) is 12.2. The van der Waals surface area contributed by atoms with Gasteiger partial charge >= 0.3 is 0 Å². The molecule has 1 aliphatic rings. The molecule has 1 aliphatic heterocycles. The number of imidazole rings is 1. The second kappa shape index (κ2) is 6.55. The fraction of sp³-hybridized carbons (Fsp3) is 0.316. The van der Waals surface area contributed by atoms with Crippen molar-refractivity contribution in [2.24, 2.45) is 7.05 Å². The van der Waals surface area contributed by atoms with Crippen LogP contribution < -0.4 is 0 Å². The second-order valence-corrected chi connectivity index (χ2v) is 6.54. The lowest BCUT2D eigenvalue weighted by Gasteiger charge is -2.24. The van der Waals surface area contributed by atoms with Gasteiger partial charge in [0.25, 0.3) is 5.91 Å². The number of hydrogen-bond donors (Lipinski definition) is 0. The van der Waals surface area contributed by atoms with Gasteiger partial charge in [-0.2, -0.15) is 5.10 Å². The largest absolute Gasteiger partial charge is 0.333 e. The zero-order valence-corrected chi connectivity index (χ0v) is 14.2. The Morgan fingerprint density at radius 2 is 2.28 bits per heavy atom. The number of carbonyl (C=O) groups excluding carboxylic acids is 1. The van der Waals surface area contributed by atoms with E-state index in [9.17, 15) is 4.79 Å². The number of benzene rings is 1. The van der Waals surface area contributed by atoms with Crippen molar-refractivity contribution in [2.75, 3.05) is 6.54 Å². The number of aryl methyl sites for hydroxylation is 1. The Bertz CT molecular complexity index is 868. The normalized spacial score (nSPS) is 17.2. The molecule has 25 heavy (non-hydrogen) atoms. The molecule has 3 aromatic rings. The van der Waals surface area contributed by atoms with Gasteiger partial charge in [-0.25, -0.2) is 4.98 Å². The summed E-state index contributed by atoms with van der Waals surface area (Å²) < 4.78 is 3.79. The van der Waals surface area contributed by atoms with Crippen LogP contribution in [0.5, 0.6) is 0 Å². The van der Waals surface area contributed by atoms with Crippen molar-refractivity contribution in [3.63, 3.8) is 0 Å². The third-order valence-electron chi connectivity index (χ3n) is 4.72. The highest BCUT2D eigenvalue weighted by Crippen LogP contribution is 2.32. The molecule has 6 nitrogen and oxygen atoms in total. The Balaban J connectivity index is 1.55. The van der Waals surface area contributed by atoms with E-state index in [2.05, 4.69) is 10.1 Å². The van der Waals surface area contributed by atoms with Crippen LogP contribution in [0, 0.1) is 0 Å². The van der Waals surface area contributed by atoms with Crippen LogP contribution in [0.4, 0.5) is 0 Å². The molecule has 1 atom stereocenters. The fourth-order valence-electron chi connectivity index (χ4n) is 3.53. The predicted octanol–water partition coefficient (Wildman–Crippen LogP) is 2.64. The predicted molar refractivity (Wildman–Crippen MR) is 94.0 cm³/mol. The van der Waals surface area contributed by atoms with Crippen LogP contribution in [0.3, 0.4) is 0 Å². The van der Waals surface area contributed by atoms with Gasteiger partial charge in [0.05, 0.1) is 18.6 Å². The van der Waals surface area contributed by atoms with E-state index in [1.807, 2.05) is 59.4 Å². The van der Waals surface area contributed by atoms with Crippen LogP contribution in [-0.2, 0) is 13.6 Å². The molecule has 3 heterocycles. The van der Waals surface area contributed by atoms with E-state index in [1.165, 1.54) is 0 Å². The lowest BCUT2D eigenvalue weighted by Crippen LogP contribution is -2.30. The van der Waals surface area contributed by atoms with Crippen molar-refractivity contribution >= 4 is 5.91 Å². The van der Waals surface area contributed by atoms with E-state index in [0.29, 0.717) is 6.54 Å². The van der Waals surface area contributed by atoms with Gasteiger partial charge in [-0.1, -0.05) is 12.1 Å². The fourth-order valence-corrected chi connectivity index (χ4v) is 3.53. The average molecular weight is 335 g/mol. The minimum absolute atomic E-state index is 0.0961. The quantitative estimate of drug-likeness (QED) is 0.736. The molecule has 0 bridgehead atoms. The number of nitrogens with zero attached hydrogens (tertiary/aromatic N) is 5. The maximum atomic E-state index is 13.1. The smallest absolute Gasteiger partial charge is 0.254 e. The van der Waals surface area contributed by atoms with Gasteiger partial charge in [0.2, 0.25) is 0 Å². The number of carbonyl (C=O) groups is 1.